The van der Waals surface area contributed by atoms with Gasteiger partial charge in [0.1, 0.15) is 12.4 Å². The van der Waals surface area contributed by atoms with Crippen LogP contribution in [0.4, 0.5) is 9.18 Å². The molecule has 1 amide bonds. The second-order valence-corrected chi connectivity index (χ2v) is 9.60. The van der Waals surface area contributed by atoms with Gasteiger partial charge >= 0.3 is 6.09 Å². The number of ether oxygens (including phenoxy) is 2. The maximum absolute atomic E-state index is 13.6. The Bertz CT molecular complexity index is 1230. The molecule has 6 heteroatoms. The Balaban J connectivity index is 1.17. The smallest absolute Gasteiger partial charge is 0.410 e. The molecule has 2 heterocycles. The summed E-state index contributed by atoms with van der Waals surface area (Å²) >= 11 is 0. The number of morpholine rings is 1. The predicted molar refractivity (Wildman–Crippen MR) is 129 cm³/mol. The van der Waals surface area contributed by atoms with Crippen LogP contribution >= 0.6 is 0 Å². The number of rotatable bonds is 4. The largest absolute Gasteiger partial charge is 0.448 e. The maximum Gasteiger partial charge on any atom is 0.410 e. The van der Waals surface area contributed by atoms with Crippen molar-refractivity contribution in [3.8, 4) is 11.1 Å². The van der Waals surface area contributed by atoms with Crippen molar-refractivity contribution in [2.75, 3.05) is 19.8 Å². The average Bonchev–Trinajstić information content (AvgIpc) is 3.20. The van der Waals surface area contributed by atoms with Gasteiger partial charge in [0.05, 0.1) is 25.3 Å². The fourth-order valence-corrected chi connectivity index (χ4v) is 5.97. The van der Waals surface area contributed by atoms with Gasteiger partial charge in [-0.2, -0.15) is 0 Å². The number of amides is 1. The van der Waals surface area contributed by atoms with Gasteiger partial charge in [-0.25, -0.2) is 9.18 Å². The van der Waals surface area contributed by atoms with Gasteiger partial charge < -0.3 is 9.47 Å². The summed E-state index contributed by atoms with van der Waals surface area (Å²) in [5.74, 6) is -0.771. The van der Waals surface area contributed by atoms with E-state index in [4.69, 9.17) is 9.47 Å². The minimum atomic E-state index is -0.421. The first-order chi connectivity index (χ1) is 17.1. The monoisotopic (exact) mass is 471 g/mol. The summed E-state index contributed by atoms with van der Waals surface area (Å²) in [6, 6.07) is 21.8. The van der Waals surface area contributed by atoms with Crippen LogP contribution in [0.1, 0.15) is 40.2 Å². The van der Waals surface area contributed by atoms with Crippen molar-refractivity contribution in [1.82, 2.24) is 4.90 Å². The van der Waals surface area contributed by atoms with E-state index < -0.39 is 5.82 Å². The Morgan fingerprint density at radius 2 is 1.51 bits per heavy atom. The van der Waals surface area contributed by atoms with Gasteiger partial charge in [0.25, 0.3) is 0 Å². The maximum atomic E-state index is 13.6. The van der Waals surface area contributed by atoms with Crippen LogP contribution in [0.3, 0.4) is 0 Å². The molecule has 178 valence electrons. The van der Waals surface area contributed by atoms with Crippen molar-refractivity contribution in [1.29, 1.82) is 0 Å². The molecule has 6 rings (SSSR count). The summed E-state index contributed by atoms with van der Waals surface area (Å²) in [5, 5.41) is 0. The first-order valence-corrected chi connectivity index (χ1v) is 12.1. The summed E-state index contributed by atoms with van der Waals surface area (Å²) in [5.41, 5.74) is 5.09. The molecule has 3 aliphatic rings. The highest BCUT2D eigenvalue weighted by Crippen LogP contribution is 2.44. The number of carbonyl (C=O) groups is 2. The highest BCUT2D eigenvalue weighted by molar-refractivity contribution is 5.98. The molecular weight excluding hydrogens is 445 g/mol. The van der Waals surface area contributed by atoms with Crippen LogP contribution in [0.25, 0.3) is 11.1 Å². The second-order valence-electron chi connectivity index (χ2n) is 9.60. The van der Waals surface area contributed by atoms with Crippen molar-refractivity contribution in [2.24, 2.45) is 5.92 Å². The van der Waals surface area contributed by atoms with E-state index in [0.29, 0.717) is 31.6 Å². The van der Waals surface area contributed by atoms with E-state index >= 15 is 0 Å². The molecule has 3 aromatic carbocycles. The van der Waals surface area contributed by atoms with Crippen LogP contribution in [0.15, 0.2) is 72.8 Å². The molecule has 2 bridgehead atoms. The van der Waals surface area contributed by atoms with Gasteiger partial charge in [-0.15, -0.1) is 0 Å². The molecule has 2 fully saturated rings. The number of nitrogens with zero attached hydrogens (tertiary/aromatic N) is 1. The Morgan fingerprint density at radius 1 is 0.886 bits per heavy atom. The first-order valence-electron chi connectivity index (χ1n) is 12.1. The summed E-state index contributed by atoms with van der Waals surface area (Å²) < 4.78 is 25.3. The van der Waals surface area contributed by atoms with E-state index in [9.17, 15) is 14.0 Å². The lowest BCUT2D eigenvalue weighted by atomic mass is 9.81. The topological polar surface area (TPSA) is 55.8 Å². The molecule has 0 radical (unpaired) electrons. The third kappa shape index (κ3) is 3.92. The summed E-state index contributed by atoms with van der Waals surface area (Å²) in [6.07, 6.45) is 0.605. The van der Waals surface area contributed by atoms with Crippen molar-refractivity contribution in [3.05, 3.63) is 95.3 Å². The number of piperidine rings is 1. The summed E-state index contributed by atoms with van der Waals surface area (Å²) in [7, 11) is 0. The Kier molecular flexibility index (Phi) is 5.61. The zero-order chi connectivity index (χ0) is 23.9. The fourth-order valence-electron chi connectivity index (χ4n) is 5.97. The van der Waals surface area contributed by atoms with Gasteiger partial charge in [-0.05, 0) is 47.2 Å². The van der Waals surface area contributed by atoms with Crippen LogP contribution in [0.5, 0.6) is 0 Å². The standard InChI is InChI=1S/C29H26FNO4/c30-20-7-5-6-18(12-20)28(32)19-13-21-15-34-16-22(14-19)31(21)29(33)35-17-27-25-10-3-1-8-23(25)24-9-2-4-11-26(24)27/h1-12,19,21-22,27H,13-17H2. The van der Waals surface area contributed by atoms with E-state index in [1.165, 1.54) is 34.4 Å². The molecule has 0 N–H and O–H groups in total. The molecule has 0 aromatic heterocycles. The molecule has 2 atom stereocenters. The molecule has 1 aliphatic carbocycles. The van der Waals surface area contributed by atoms with Gasteiger partial charge in [0.2, 0.25) is 0 Å². The number of halogens is 1. The van der Waals surface area contributed by atoms with Gasteiger partial charge in [0.15, 0.2) is 5.78 Å². The zero-order valence-corrected chi connectivity index (χ0v) is 19.2. The lowest BCUT2D eigenvalue weighted by molar-refractivity contribution is -0.0747. The number of fused-ring (bicyclic) bond motifs is 5. The minimum Gasteiger partial charge on any atom is -0.448 e. The zero-order valence-electron chi connectivity index (χ0n) is 19.2. The molecule has 0 saturated carbocycles. The van der Waals surface area contributed by atoms with Crippen LogP contribution in [0, 0.1) is 11.7 Å². The molecule has 0 spiro atoms. The van der Waals surface area contributed by atoms with Crippen molar-refractivity contribution >= 4 is 11.9 Å². The molecule has 5 nitrogen and oxygen atoms in total. The number of carbonyl (C=O) groups excluding carboxylic acids is 2. The van der Waals surface area contributed by atoms with Crippen LogP contribution in [-0.2, 0) is 9.47 Å². The van der Waals surface area contributed by atoms with Crippen molar-refractivity contribution in [2.45, 2.75) is 30.8 Å². The highest BCUT2D eigenvalue weighted by atomic mass is 19.1. The number of hydrogen-bond acceptors (Lipinski definition) is 4. The number of ketones is 1. The Labute approximate surface area is 203 Å². The van der Waals surface area contributed by atoms with Crippen molar-refractivity contribution in [3.63, 3.8) is 0 Å². The van der Waals surface area contributed by atoms with Crippen LogP contribution in [0.2, 0.25) is 0 Å². The molecule has 35 heavy (non-hydrogen) atoms. The number of Topliss-reactive ketones (excluding diaryl/α,β-unsaturated/α-hetero) is 1. The van der Waals surface area contributed by atoms with E-state index in [0.717, 1.165) is 0 Å². The lowest BCUT2D eigenvalue weighted by Crippen LogP contribution is -2.60. The molecule has 2 unspecified atom stereocenters. The predicted octanol–water partition coefficient (Wildman–Crippen LogP) is 5.44. The normalized spacial score (nSPS) is 22.9. The van der Waals surface area contributed by atoms with E-state index in [-0.39, 0.29) is 42.4 Å². The molecule has 2 saturated heterocycles. The third-order valence-corrected chi connectivity index (χ3v) is 7.55. The van der Waals surface area contributed by atoms with E-state index in [1.807, 2.05) is 24.3 Å². The lowest BCUT2D eigenvalue weighted by Gasteiger charge is -2.47. The van der Waals surface area contributed by atoms with Gasteiger partial charge in [-0.1, -0.05) is 60.7 Å². The number of benzene rings is 3. The third-order valence-electron chi connectivity index (χ3n) is 7.55. The summed E-state index contributed by atoms with van der Waals surface area (Å²) in [4.78, 5) is 28.1. The number of hydrogen-bond donors (Lipinski definition) is 0. The van der Waals surface area contributed by atoms with Crippen LogP contribution in [-0.4, -0.2) is 48.7 Å². The van der Waals surface area contributed by atoms with Gasteiger partial charge in [-0.3, -0.25) is 9.69 Å². The SMILES string of the molecule is O=C(c1cccc(F)c1)C1CC2COCC(C1)N2C(=O)OCC1c2ccccc2-c2ccccc21. The van der Waals surface area contributed by atoms with Crippen LogP contribution < -0.4 is 0 Å². The van der Waals surface area contributed by atoms with Gasteiger partial charge in [0, 0.05) is 17.4 Å². The molecule has 2 aliphatic heterocycles. The highest BCUT2D eigenvalue weighted by Gasteiger charge is 2.45. The minimum absolute atomic E-state index is 0.00506. The molecular formula is C29H26FNO4. The Hall–Kier alpha value is -3.51. The van der Waals surface area contributed by atoms with E-state index in [2.05, 4.69) is 24.3 Å². The summed E-state index contributed by atoms with van der Waals surface area (Å²) in [6.45, 7) is 0.997. The quantitative estimate of drug-likeness (QED) is 0.476. The second kappa shape index (κ2) is 8.93. The fraction of sp³-hybridized carbons (Fsp3) is 0.310. The average molecular weight is 472 g/mol. The van der Waals surface area contributed by atoms with E-state index in [1.54, 1.807) is 17.0 Å². The first kappa shape index (κ1) is 22.0. The molecule has 3 aromatic rings. The Morgan fingerprint density at radius 3 is 2.14 bits per heavy atom. The van der Waals surface area contributed by atoms with Crippen molar-refractivity contribution < 1.29 is 23.5 Å².